The molecule has 0 bridgehead atoms. The smallest absolute Gasteiger partial charge is 0.255 e. The third kappa shape index (κ3) is 3.72. The van der Waals surface area contributed by atoms with Gasteiger partial charge in [-0.15, -0.1) is 0 Å². The topological polar surface area (TPSA) is 69.3 Å². The predicted octanol–water partition coefficient (Wildman–Crippen LogP) is 2.56. The zero-order valence-corrected chi connectivity index (χ0v) is 16.4. The number of H-pyrrole nitrogens is 1. The minimum Gasteiger partial charge on any atom is -0.332 e. The van der Waals surface area contributed by atoms with E-state index in [1.807, 2.05) is 4.90 Å². The third-order valence-corrected chi connectivity index (χ3v) is 6.28. The van der Waals surface area contributed by atoms with Crippen LogP contribution >= 0.6 is 0 Å². The zero-order chi connectivity index (χ0) is 19.0. The Balaban J connectivity index is 1.54. The first-order valence-electron chi connectivity index (χ1n) is 10.3. The number of allylic oxidation sites excluding steroid dienone is 2. The van der Waals surface area contributed by atoms with Gasteiger partial charge in [0.1, 0.15) is 5.82 Å². The molecule has 0 unspecified atom stereocenters. The van der Waals surface area contributed by atoms with Crippen LogP contribution in [0.25, 0.3) is 0 Å². The van der Waals surface area contributed by atoms with Crippen molar-refractivity contribution < 1.29 is 4.79 Å². The minimum absolute atomic E-state index is 0.0293. The molecule has 0 spiro atoms. The number of carbonyl (C=O) groups excluding carboxylic acids is 1. The summed E-state index contributed by atoms with van der Waals surface area (Å²) < 4.78 is 0. The molecular weight excluding hydrogens is 340 g/mol. The van der Waals surface area contributed by atoms with Gasteiger partial charge in [0.05, 0.1) is 17.3 Å². The highest BCUT2D eigenvalue weighted by Gasteiger charge is 2.34. The highest BCUT2D eigenvalue weighted by molar-refractivity contribution is 5.77. The molecule has 2 atom stereocenters. The molecule has 1 aliphatic carbocycles. The van der Waals surface area contributed by atoms with Gasteiger partial charge in [-0.25, -0.2) is 4.98 Å². The van der Waals surface area contributed by atoms with Gasteiger partial charge in [-0.3, -0.25) is 14.5 Å². The molecule has 3 aliphatic rings. The van der Waals surface area contributed by atoms with Gasteiger partial charge in [-0.2, -0.15) is 0 Å². The van der Waals surface area contributed by atoms with E-state index in [4.69, 9.17) is 4.98 Å². The molecule has 146 valence electrons. The molecule has 2 aliphatic heterocycles. The lowest BCUT2D eigenvalue weighted by molar-refractivity contribution is -0.133. The van der Waals surface area contributed by atoms with E-state index in [9.17, 15) is 9.59 Å². The summed E-state index contributed by atoms with van der Waals surface area (Å²) in [6.07, 6.45) is 9.72. The number of amides is 1. The summed E-state index contributed by atoms with van der Waals surface area (Å²) in [5.74, 6) is 1.25. The van der Waals surface area contributed by atoms with Crippen molar-refractivity contribution in [3.63, 3.8) is 0 Å². The van der Waals surface area contributed by atoms with Gasteiger partial charge in [0, 0.05) is 38.5 Å². The molecule has 3 heterocycles. The molecule has 27 heavy (non-hydrogen) atoms. The molecule has 0 aromatic carbocycles. The van der Waals surface area contributed by atoms with Crippen LogP contribution in [-0.4, -0.2) is 44.8 Å². The van der Waals surface area contributed by atoms with Gasteiger partial charge in [-0.1, -0.05) is 12.2 Å². The second-order valence-electron chi connectivity index (χ2n) is 8.41. The number of aromatic amines is 1. The molecule has 1 amide bonds. The van der Waals surface area contributed by atoms with Crippen molar-refractivity contribution in [1.29, 1.82) is 0 Å². The lowest BCUT2D eigenvalue weighted by Gasteiger charge is -2.31. The summed E-state index contributed by atoms with van der Waals surface area (Å²) >= 11 is 0. The van der Waals surface area contributed by atoms with Crippen molar-refractivity contribution in [2.75, 3.05) is 13.1 Å². The maximum atomic E-state index is 12.8. The molecule has 0 saturated carbocycles. The molecular formula is C21H30N4O2. The van der Waals surface area contributed by atoms with Crippen molar-refractivity contribution in [2.45, 2.75) is 71.0 Å². The molecule has 4 rings (SSSR count). The third-order valence-electron chi connectivity index (χ3n) is 6.28. The van der Waals surface area contributed by atoms with Crippen molar-refractivity contribution in [3.05, 3.63) is 39.6 Å². The summed E-state index contributed by atoms with van der Waals surface area (Å²) in [5, 5.41) is 0. The van der Waals surface area contributed by atoms with E-state index in [0.29, 0.717) is 30.7 Å². The fourth-order valence-electron chi connectivity index (χ4n) is 4.62. The lowest BCUT2D eigenvalue weighted by Crippen LogP contribution is -2.40. The van der Waals surface area contributed by atoms with Crippen LogP contribution < -0.4 is 5.56 Å². The normalized spacial score (nSPS) is 25.4. The quantitative estimate of drug-likeness (QED) is 0.827. The average Bonchev–Trinajstić information content (AvgIpc) is 3.32. The first kappa shape index (κ1) is 18.4. The van der Waals surface area contributed by atoms with E-state index < -0.39 is 0 Å². The molecule has 1 N–H and O–H groups in total. The van der Waals surface area contributed by atoms with Gasteiger partial charge in [0.25, 0.3) is 5.56 Å². The summed E-state index contributed by atoms with van der Waals surface area (Å²) in [4.78, 5) is 37.7. The largest absolute Gasteiger partial charge is 0.332 e. The molecule has 1 saturated heterocycles. The molecule has 0 radical (unpaired) electrons. The van der Waals surface area contributed by atoms with Crippen LogP contribution in [0.3, 0.4) is 0 Å². The number of nitrogens with zero attached hydrogens (tertiary/aromatic N) is 3. The highest BCUT2D eigenvalue weighted by atomic mass is 16.2. The maximum absolute atomic E-state index is 12.8. The minimum atomic E-state index is -0.0796. The average molecular weight is 370 g/mol. The molecule has 6 nitrogen and oxygen atoms in total. The lowest BCUT2D eigenvalue weighted by atomic mass is 10.0. The monoisotopic (exact) mass is 370 g/mol. The molecule has 1 fully saturated rings. The molecule has 1 aromatic heterocycles. The highest BCUT2D eigenvalue weighted by Crippen LogP contribution is 2.32. The Morgan fingerprint density at radius 2 is 2.19 bits per heavy atom. The Labute approximate surface area is 160 Å². The Hall–Kier alpha value is -1.95. The van der Waals surface area contributed by atoms with Crippen molar-refractivity contribution >= 4 is 5.91 Å². The number of hydrogen-bond acceptors (Lipinski definition) is 4. The van der Waals surface area contributed by atoms with E-state index in [0.717, 1.165) is 56.5 Å². The van der Waals surface area contributed by atoms with Crippen molar-refractivity contribution in [1.82, 2.24) is 19.8 Å². The second kappa shape index (κ2) is 7.58. The number of carbonyl (C=O) groups is 1. The van der Waals surface area contributed by atoms with Gasteiger partial charge >= 0.3 is 0 Å². The van der Waals surface area contributed by atoms with Gasteiger partial charge in [0.2, 0.25) is 5.91 Å². The van der Waals surface area contributed by atoms with E-state index in [1.54, 1.807) is 0 Å². The number of aromatic nitrogens is 2. The van der Waals surface area contributed by atoms with Crippen LogP contribution in [0.4, 0.5) is 0 Å². The first-order chi connectivity index (χ1) is 13.0. The SMILES string of the molecule is CC(C)N1CCc2nc([C@@H]3CCCN3C(=O)C[C@H]3C=CCC3)[nH]c(=O)c2C1. The van der Waals surface area contributed by atoms with E-state index in [-0.39, 0.29) is 17.5 Å². The van der Waals surface area contributed by atoms with Crippen molar-refractivity contribution in [2.24, 2.45) is 5.92 Å². The Morgan fingerprint density at radius 3 is 2.93 bits per heavy atom. The van der Waals surface area contributed by atoms with Crippen LogP contribution in [0.2, 0.25) is 0 Å². The van der Waals surface area contributed by atoms with Crippen LogP contribution in [0, 0.1) is 5.92 Å². The maximum Gasteiger partial charge on any atom is 0.255 e. The molecule has 6 heteroatoms. The fraction of sp³-hybridized carbons (Fsp3) is 0.667. The van der Waals surface area contributed by atoms with Crippen LogP contribution in [-0.2, 0) is 17.8 Å². The zero-order valence-electron chi connectivity index (χ0n) is 16.4. The number of nitrogens with one attached hydrogen (secondary N) is 1. The Bertz CT molecular complexity index is 798. The standard InChI is InChI=1S/C21H30N4O2/c1-14(2)24-11-9-17-16(13-24)21(27)23-20(22-17)18-8-5-10-25(18)19(26)12-15-6-3-4-7-15/h3,6,14-15,18H,4-5,7-13H2,1-2H3,(H,22,23,27)/t15-,18-/m0/s1. The van der Waals surface area contributed by atoms with E-state index in [2.05, 4.69) is 35.9 Å². The van der Waals surface area contributed by atoms with Gasteiger partial charge < -0.3 is 9.88 Å². The van der Waals surface area contributed by atoms with Gasteiger partial charge in [-0.05, 0) is 45.4 Å². The predicted molar refractivity (Wildman–Crippen MR) is 104 cm³/mol. The number of likely N-dealkylation sites (tertiary alicyclic amines) is 1. The van der Waals surface area contributed by atoms with E-state index in [1.165, 1.54) is 0 Å². The number of fused-ring (bicyclic) bond motifs is 1. The summed E-state index contributed by atoms with van der Waals surface area (Å²) in [6, 6.07) is 0.341. The Morgan fingerprint density at radius 1 is 1.33 bits per heavy atom. The van der Waals surface area contributed by atoms with Crippen LogP contribution in [0.1, 0.15) is 69.1 Å². The summed E-state index contributed by atoms with van der Waals surface area (Å²) in [7, 11) is 0. The molecule has 1 aromatic rings. The van der Waals surface area contributed by atoms with Gasteiger partial charge in [0.15, 0.2) is 0 Å². The number of rotatable bonds is 4. The van der Waals surface area contributed by atoms with Crippen LogP contribution in [0.15, 0.2) is 16.9 Å². The van der Waals surface area contributed by atoms with E-state index >= 15 is 0 Å². The first-order valence-corrected chi connectivity index (χ1v) is 10.3. The summed E-state index contributed by atoms with van der Waals surface area (Å²) in [5.41, 5.74) is 1.69. The number of hydrogen-bond donors (Lipinski definition) is 1. The Kier molecular flexibility index (Phi) is 5.17. The fourth-order valence-corrected chi connectivity index (χ4v) is 4.62. The summed E-state index contributed by atoms with van der Waals surface area (Å²) in [6.45, 7) is 6.67. The van der Waals surface area contributed by atoms with Crippen molar-refractivity contribution in [3.8, 4) is 0 Å². The second-order valence-corrected chi connectivity index (χ2v) is 8.41. The van der Waals surface area contributed by atoms with Crippen LogP contribution in [0.5, 0.6) is 0 Å².